The third kappa shape index (κ3) is 4.32. The van der Waals surface area contributed by atoms with Crippen LogP contribution in [0.3, 0.4) is 0 Å². The zero-order chi connectivity index (χ0) is 16.1. The number of ether oxygens (including phenoxy) is 1. The number of furan rings is 1. The van der Waals surface area contributed by atoms with Crippen molar-refractivity contribution >= 4 is 17.7 Å². The first-order valence-electron chi connectivity index (χ1n) is 7.57. The fraction of sp³-hybridized carbons (Fsp3) is 0.571. The number of aromatic nitrogens is 4. The van der Waals surface area contributed by atoms with E-state index < -0.39 is 0 Å². The van der Waals surface area contributed by atoms with Crippen LogP contribution in [-0.2, 0) is 16.1 Å². The third-order valence-corrected chi connectivity index (χ3v) is 4.63. The van der Waals surface area contributed by atoms with Crippen LogP contribution in [0.2, 0.25) is 0 Å². The largest absolute Gasteiger partial charge is 0.467 e. The third-order valence-electron chi connectivity index (χ3n) is 3.56. The summed E-state index contributed by atoms with van der Waals surface area (Å²) in [5, 5.41) is 14.8. The average Bonchev–Trinajstić information content (AvgIpc) is 3.28. The van der Waals surface area contributed by atoms with E-state index in [4.69, 9.17) is 9.15 Å². The normalized spacial score (nSPS) is 18.9. The van der Waals surface area contributed by atoms with Gasteiger partial charge in [0.25, 0.3) is 0 Å². The Kier molecular flexibility index (Phi) is 5.29. The van der Waals surface area contributed by atoms with Gasteiger partial charge in [0, 0.05) is 13.2 Å². The first-order chi connectivity index (χ1) is 11.2. The van der Waals surface area contributed by atoms with E-state index in [0.717, 1.165) is 25.2 Å². The Morgan fingerprint density at radius 1 is 1.61 bits per heavy atom. The summed E-state index contributed by atoms with van der Waals surface area (Å²) in [4.78, 5) is 12.2. The van der Waals surface area contributed by atoms with Crippen molar-refractivity contribution in [3.63, 3.8) is 0 Å². The minimum atomic E-state index is -0.294. The van der Waals surface area contributed by atoms with Crippen molar-refractivity contribution < 1.29 is 13.9 Å². The van der Waals surface area contributed by atoms with Gasteiger partial charge in [-0.3, -0.25) is 4.79 Å². The summed E-state index contributed by atoms with van der Waals surface area (Å²) < 4.78 is 12.4. The van der Waals surface area contributed by atoms with Crippen LogP contribution in [0.25, 0.3) is 0 Å². The lowest BCUT2D eigenvalue weighted by Gasteiger charge is -2.14. The van der Waals surface area contributed by atoms with Gasteiger partial charge in [-0.1, -0.05) is 11.8 Å². The SMILES string of the molecule is C[C@@H](Sc1nnnn1Cc1ccco1)C(=O)NC[C@@H]1CCCO1. The van der Waals surface area contributed by atoms with Crippen LogP contribution in [0, 0.1) is 0 Å². The molecule has 124 valence electrons. The second-order valence-corrected chi connectivity index (χ2v) is 6.65. The highest BCUT2D eigenvalue weighted by atomic mass is 32.2. The lowest BCUT2D eigenvalue weighted by molar-refractivity contribution is -0.120. The highest BCUT2D eigenvalue weighted by Crippen LogP contribution is 2.21. The molecule has 0 saturated carbocycles. The fourth-order valence-electron chi connectivity index (χ4n) is 2.31. The molecule has 1 N–H and O–H groups in total. The van der Waals surface area contributed by atoms with Crippen molar-refractivity contribution in [2.24, 2.45) is 0 Å². The molecule has 0 aliphatic carbocycles. The number of thioether (sulfide) groups is 1. The van der Waals surface area contributed by atoms with E-state index in [0.29, 0.717) is 18.2 Å². The molecule has 0 aromatic carbocycles. The first-order valence-corrected chi connectivity index (χ1v) is 8.45. The van der Waals surface area contributed by atoms with Crippen molar-refractivity contribution in [3.8, 4) is 0 Å². The lowest BCUT2D eigenvalue weighted by atomic mass is 10.2. The zero-order valence-electron chi connectivity index (χ0n) is 12.8. The standard InChI is InChI=1S/C14H19N5O3S/c1-10(13(20)15-8-11-4-2-6-21-11)23-14-16-17-18-19(14)9-12-5-3-7-22-12/h3,5,7,10-11H,2,4,6,8-9H2,1H3,(H,15,20)/t10-,11+/m1/s1. The predicted molar refractivity (Wildman–Crippen MR) is 82.9 cm³/mol. The van der Waals surface area contributed by atoms with Gasteiger partial charge in [-0.2, -0.15) is 0 Å². The lowest BCUT2D eigenvalue weighted by Crippen LogP contribution is -2.36. The average molecular weight is 337 g/mol. The van der Waals surface area contributed by atoms with Gasteiger partial charge in [-0.05, 0) is 42.3 Å². The second kappa shape index (κ2) is 7.60. The van der Waals surface area contributed by atoms with Crippen molar-refractivity contribution in [2.45, 2.75) is 42.8 Å². The Morgan fingerprint density at radius 3 is 3.26 bits per heavy atom. The van der Waals surface area contributed by atoms with Crippen LogP contribution in [-0.4, -0.2) is 50.6 Å². The molecule has 9 heteroatoms. The Morgan fingerprint density at radius 2 is 2.52 bits per heavy atom. The molecule has 3 heterocycles. The predicted octanol–water partition coefficient (Wildman–Crippen LogP) is 1.09. The van der Waals surface area contributed by atoms with Crippen LogP contribution < -0.4 is 5.32 Å². The van der Waals surface area contributed by atoms with Gasteiger partial charge in [0.15, 0.2) is 0 Å². The molecule has 1 aliphatic heterocycles. The molecule has 0 radical (unpaired) electrons. The van der Waals surface area contributed by atoms with Crippen molar-refractivity contribution in [1.29, 1.82) is 0 Å². The number of hydrogen-bond acceptors (Lipinski definition) is 7. The fourth-order valence-corrected chi connectivity index (χ4v) is 3.12. The molecule has 0 bridgehead atoms. The van der Waals surface area contributed by atoms with E-state index in [-0.39, 0.29) is 17.3 Å². The Hall–Kier alpha value is -1.87. The minimum Gasteiger partial charge on any atom is -0.467 e. The molecule has 8 nitrogen and oxygen atoms in total. The smallest absolute Gasteiger partial charge is 0.233 e. The minimum absolute atomic E-state index is 0.0435. The molecule has 1 aliphatic rings. The summed E-state index contributed by atoms with van der Waals surface area (Å²) in [5.74, 6) is 0.715. The van der Waals surface area contributed by atoms with Crippen molar-refractivity contribution in [1.82, 2.24) is 25.5 Å². The topological polar surface area (TPSA) is 95.1 Å². The second-order valence-electron chi connectivity index (χ2n) is 5.34. The molecule has 2 atom stereocenters. The Labute approximate surface area is 137 Å². The van der Waals surface area contributed by atoms with Crippen LogP contribution in [0.4, 0.5) is 0 Å². The van der Waals surface area contributed by atoms with Gasteiger partial charge in [-0.15, -0.1) is 5.10 Å². The number of nitrogens with one attached hydrogen (secondary N) is 1. The summed E-state index contributed by atoms with van der Waals surface area (Å²) in [6, 6.07) is 3.67. The summed E-state index contributed by atoms with van der Waals surface area (Å²) in [6.45, 7) is 3.61. The van der Waals surface area contributed by atoms with E-state index in [1.54, 1.807) is 10.9 Å². The molecule has 3 rings (SSSR count). The van der Waals surface area contributed by atoms with Gasteiger partial charge in [-0.25, -0.2) is 4.68 Å². The van der Waals surface area contributed by atoms with Gasteiger partial charge in [0.2, 0.25) is 11.1 Å². The quantitative estimate of drug-likeness (QED) is 0.756. The molecule has 0 spiro atoms. The van der Waals surface area contributed by atoms with Crippen LogP contribution in [0.5, 0.6) is 0 Å². The number of carbonyl (C=O) groups is 1. The molecular formula is C14H19N5O3S. The molecule has 2 aromatic rings. The maximum Gasteiger partial charge on any atom is 0.233 e. The molecular weight excluding hydrogens is 318 g/mol. The van der Waals surface area contributed by atoms with Crippen molar-refractivity contribution in [3.05, 3.63) is 24.2 Å². The van der Waals surface area contributed by atoms with Crippen LogP contribution in [0.15, 0.2) is 28.0 Å². The maximum atomic E-state index is 12.2. The van der Waals surface area contributed by atoms with Crippen LogP contribution >= 0.6 is 11.8 Å². The summed E-state index contributed by atoms with van der Waals surface area (Å²) in [5.41, 5.74) is 0. The zero-order valence-corrected chi connectivity index (χ0v) is 13.7. The van der Waals surface area contributed by atoms with E-state index in [1.807, 2.05) is 19.1 Å². The molecule has 1 saturated heterocycles. The number of hydrogen-bond donors (Lipinski definition) is 1. The molecule has 1 fully saturated rings. The Balaban J connectivity index is 1.51. The van der Waals surface area contributed by atoms with E-state index in [9.17, 15) is 4.79 Å². The highest BCUT2D eigenvalue weighted by Gasteiger charge is 2.21. The number of nitrogens with zero attached hydrogens (tertiary/aromatic N) is 4. The van der Waals surface area contributed by atoms with Gasteiger partial charge < -0.3 is 14.5 Å². The summed E-state index contributed by atoms with van der Waals surface area (Å²) in [7, 11) is 0. The van der Waals surface area contributed by atoms with Gasteiger partial charge in [0.05, 0.1) is 17.6 Å². The van der Waals surface area contributed by atoms with E-state index >= 15 is 0 Å². The van der Waals surface area contributed by atoms with E-state index in [1.165, 1.54) is 11.8 Å². The maximum absolute atomic E-state index is 12.2. The number of tetrazole rings is 1. The number of carbonyl (C=O) groups excluding carboxylic acids is 1. The van der Waals surface area contributed by atoms with Gasteiger partial charge >= 0.3 is 0 Å². The molecule has 0 unspecified atom stereocenters. The molecule has 1 amide bonds. The number of amides is 1. The Bertz CT molecular complexity index is 624. The highest BCUT2D eigenvalue weighted by molar-refractivity contribution is 8.00. The van der Waals surface area contributed by atoms with E-state index in [2.05, 4.69) is 20.8 Å². The summed E-state index contributed by atoms with van der Waals surface area (Å²) in [6.07, 6.45) is 3.81. The van der Waals surface area contributed by atoms with Crippen LogP contribution in [0.1, 0.15) is 25.5 Å². The molecule has 2 aromatic heterocycles. The summed E-state index contributed by atoms with van der Waals surface area (Å²) >= 11 is 1.32. The number of rotatable bonds is 7. The first kappa shape index (κ1) is 16.0. The van der Waals surface area contributed by atoms with Crippen molar-refractivity contribution in [2.75, 3.05) is 13.2 Å². The molecule has 23 heavy (non-hydrogen) atoms. The monoisotopic (exact) mass is 337 g/mol. The van der Waals surface area contributed by atoms with Gasteiger partial charge in [0.1, 0.15) is 12.3 Å².